The molecule has 0 fully saturated rings. The number of nitrogens with two attached hydrogens (primary N) is 1. The van der Waals surface area contributed by atoms with Crippen molar-refractivity contribution in [1.82, 2.24) is 0 Å². The van der Waals surface area contributed by atoms with E-state index in [0.29, 0.717) is 6.61 Å². The molecule has 0 rings (SSSR count). The van der Waals surface area contributed by atoms with E-state index in [2.05, 4.69) is 10.5 Å². The summed E-state index contributed by atoms with van der Waals surface area (Å²) in [6.45, 7) is 2.06. The third kappa shape index (κ3) is 16.3. The third-order valence-corrected chi connectivity index (χ3v) is 0.287. The number of hydrogen-bond donors (Lipinski definition) is 1. The van der Waals surface area contributed by atoms with Crippen molar-refractivity contribution in [2.75, 3.05) is 6.61 Å². The Balaban J connectivity index is -0.000000125. The van der Waals surface area contributed by atoms with Gasteiger partial charge in [0.05, 0.1) is 6.61 Å². The molecule has 0 unspecified atom stereocenters. The van der Waals surface area contributed by atoms with Crippen molar-refractivity contribution in [2.24, 2.45) is 5.73 Å². The van der Waals surface area contributed by atoms with Crippen molar-refractivity contribution in [3.63, 3.8) is 0 Å². The molecule has 5 heteroatoms. The second kappa shape index (κ2) is 10.3. The fraction of sp³-hybridized carbons (Fsp3) is 0.667. The SMILES string of the molecule is CCOC(N)=O.[SiH4].[SnH2]. The fourth-order valence-corrected chi connectivity index (χ4v) is 0.142. The molecule has 0 aliphatic rings. The van der Waals surface area contributed by atoms with E-state index in [0.717, 1.165) is 0 Å². The van der Waals surface area contributed by atoms with Crippen LogP contribution in [0.2, 0.25) is 0 Å². The van der Waals surface area contributed by atoms with Gasteiger partial charge in [-0.25, -0.2) is 4.79 Å². The van der Waals surface area contributed by atoms with Crippen LogP contribution in [0, 0.1) is 0 Å². The zero-order valence-corrected chi connectivity index (χ0v) is 8.34. The summed E-state index contributed by atoms with van der Waals surface area (Å²) in [7, 11) is 0. The van der Waals surface area contributed by atoms with Crippen molar-refractivity contribution in [3.8, 4) is 0 Å². The molecule has 0 aliphatic heterocycles. The summed E-state index contributed by atoms with van der Waals surface area (Å²) in [5, 5.41) is 0. The van der Waals surface area contributed by atoms with Crippen LogP contribution in [0.1, 0.15) is 6.92 Å². The van der Waals surface area contributed by atoms with Crippen molar-refractivity contribution in [2.45, 2.75) is 6.92 Å². The zero-order valence-electron chi connectivity index (χ0n) is 4.31. The summed E-state index contributed by atoms with van der Waals surface area (Å²) in [6.07, 6.45) is -0.711. The number of hydrogen-bond acceptors (Lipinski definition) is 2. The van der Waals surface area contributed by atoms with Gasteiger partial charge < -0.3 is 10.5 Å². The van der Waals surface area contributed by atoms with Crippen molar-refractivity contribution in [3.05, 3.63) is 0 Å². The van der Waals surface area contributed by atoms with E-state index in [-0.39, 0.29) is 34.9 Å². The molecule has 0 aromatic carbocycles. The number of amides is 1. The standard InChI is InChI=1S/C3H7NO2.H4Si.Sn.2H/c1-2-6-3(4)5;;;;/h2H2,1H3,(H2,4,5);1H4;;;. The van der Waals surface area contributed by atoms with Gasteiger partial charge >= 0.3 is 30.0 Å². The number of carbonyl (C=O) groups is 1. The molecular formula is C3H13NO2SiSn. The summed E-state index contributed by atoms with van der Waals surface area (Å²) in [5.41, 5.74) is 4.54. The predicted octanol–water partition coefficient (Wildman–Crippen LogP) is -2.27. The van der Waals surface area contributed by atoms with Crippen molar-refractivity contribution >= 4 is 41.0 Å². The molecule has 2 N–H and O–H groups in total. The predicted molar refractivity (Wildman–Crippen MR) is 41.1 cm³/mol. The summed E-state index contributed by atoms with van der Waals surface area (Å²) in [4.78, 5) is 9.60. The molecule has 0 atom stereocenters. The van der Waals surface area contributed by atoms with Crippen molar-refractivity contribution in [1.29, 1.82) is 0 Å². The van der Waals surface area contributed by atoms with Gasteiger partial charge in [0.1, 0.15) is 0 Å². The Morgan fingerprint density at radius 1 is 1.75 bits per heavy atom. The first-order chi connectivity index (χ1) is 2.77. The summed E-state index contributed by atoms with van der Waals surface area (Å²) in [6, 6.07) is 0. The summed E-state index contributed by atoms with van der Waals surface area (Å²) >= 11 is 0. The van der Waals surface area contributed by atoms with Gasteiger partial charge in [0.25, 0.3) is 0 Å². The molecule has 0 bridgehead atoms. The average molecular weight is 242 g/mol. The first kappa shape index (κ1) is 15.7. The molecule has 8 heavy (non-hydrogen) atoms. The van der Waals surface area contributed by atoms with Gasteiger partial charge in [0, 0.05) is 0 Å². The van der Waals surface area contributed by atoms with Crippen LogP contribution in [0.15, 0.2) is 0 Å². The van der Waals surface area contributed by atoms with E-state index in [9.17, 15) is 4.79 Å². The maximum absolute atomic E-state index is 9.60. The Hall–Kier alpha value is 0.286. The van der Waals surface area contributed by atoms with Gasteiger partial charge in [-0.05, 0) is 17.9 Å². The number of carbonyl (C=O) groups excluding carboxylic acids is 1. The first-order valence-corrected chi connectivity index (χ1v) is 1.69. The molecule has 0 saturated heterocycles. The van der Waals surface area contributed by atoms with Crippen LogP contribution in [0.5, 0.6) is 0 Å². The van der Waals surface area contributed by atoms with E-state index in [1.165, 1.54) is 0 Å². The molecule has 0 aromatic rings. The average Bonchev–Trinajstić information content (AvgIpc) is 1.35. The summed E-state index contributed by atoms with van der Waals surface area (Å²) < 4.78 is 4.18. The van der Waals surface area contributed by atoms with E-state index >= 15 is 0 Å². The van der Waals surface area contributed by atoms with Gasteiger partial charge in [-0.1, -0.05) is 0 Å². The van der Waals surface area contributed by atoms with Crippen LogP contribution >= 0.6 is 0 Å². The van der Waals surface area contributed by atoms with E-state index in [1.54, 1.807) is 6.92 Å². The first-order valence-electron chi connectivity index (χ1n) is 1.69. The van der Waals surface area contributed by atoms with Gasteiger partial charge in [0.2, 0.25) is 0 Å². The third-order valence-electron chi connectivity index (χ3n) is 0.287. The van der Waals surface area contributed by atoms with Crippen LogP contribution < -0.4 is 5.73 Å². The van der Waals surface area contributed by atoms with Crippen LogP contribution in [-0.4, -0.2) is 47.6 Å². The van der Waals surface area contributed by atoms with Crippen LogP contribution in [0.4, 0.5) is 4.79 Å². The molecule has 1 amide bonds. The topological polar surface area (TPSA) is 52.3 Å². The Morgan fingerprint density at radius 3 is 2.12 bits per heavy atom. The van der Waals surface area contributed by atoms with Gasteiger partial charge in [0.15, 0.2) is 0 Å². The second-order valence-corrected chi connectivity index (χ2v) is 0.752. The number of primary amides is 1. The minimum atomic E-state index is -0.711. The quantitative estimate of drug-likeness (QED) is 0.527. The summed E-state index contributed by atoms with van der Waals surface area (Å²) in [5.74, 6) is 0. The zero-order chi connectivity index (χ0) is 4.99. The molecule has 3 nitrogen and oxygen atoms in total. The minimum absolute atomic E-state index is 0. The fourth-order valence-electron chi connectivity index (χ4n) is 0.142. The van der Waals surface area contributed by atoms with E-state index in [4.69, 9.17) is 0 Å². The molecule has 50 valence electrons. The van der Waals surface area contributed by atoms with Crippen LogP contribution in [0.3, 0.4) is 0 Å². The molecule has 2 radical (unpaired) electrons. The Kier molecular flexibility index (Phi) is 20.3. The second-order valence-electron chi connectivity index (χ2n) is 0.752. The number of rotatable bonds is 1. The van der Waals surface area contributed by atoms with Crippen molar-refractivity contribution < 1.29 is 9.53 Å². The Bertz CT molecular complexity index is 61.2. The normalized spacial score (nSPS) is 5.62. The molecule has 0 aromatic heterocycles. The monoisotopic (exact) mass is 243 g/mol. The molecule has 0 saturated carbocycles. The van der Waals surface area contributed by atoms with E-state index < -0.39 is 6.09 Å². The van der Waals surface area contributed by atoms with Gasteiger partial charge in [-0.3, -0.25) is 0 Å². The maximum atomic E-state index is 9.60. The molecule has 0 spiro atoms. The molecule has 0 heterocycles. The van der Waals surface area contributed by atoms with Gasteiger partial charge in [-0.15, -0.1) is 0 Å². The molecular weight excluding hydrogens is 229 g/mol. The Labute approximate surface area is 69.9 Å². The van der Waals surface area contributed by atoms with Gasteiger partial charge in [-0.2, -0.15) is 0 Å². The van der Waals surface area contributed by atoms with E-state index in [1.807, 2.05) is 0 Å². The molecule has 0 aliphatic carbocycles. The Morgan fingerprint density at radius 2 is 2.12 bits per heavy atom. The van der Waals surface area contributed by atoms with Crippen LogP contribution in [0.25, 0.3) is 0 Å². The van der Waals surface area contributed by atoms with Crippen LogP contribution in [-0.2, 0) is 4.74 Å². The number of ether oxygens (including phenoxy) is 1.